The number of hydrogen-bond donors (Lipinski definition) is 0. The van der Waals surface area contributed by atoms with Gasteiger partial charge in [0.1, 0.15) is 5.15 Å². The summed E-state index contributed by atoms with van der Waals surface area (Å²) in [6.07, 6.45) is 15.6. The third-order valence-electron chi connectivity index (χ3n) is 6.97. The molecule has 1 heterocycles. The molecule has 0 N–H and O–H groups in total. The zero-order valence-corrected chi connectivity index (χ0v) is 22.8. The molecule has 0 unspecified atom stereocenters. The lowest BCUT2D eigenvalue weighted by Crippen LogP contribution is -2.32. The first-order valence-electron chi connectivity index (χ1n) is 14.0. The molecule has 1 amide bonds. The molecule has 36 heavy (non-hydrogen) atoms. The fourth-order valence-electron chi connectivity index (χ4n) is 4.75. The highest BCUT2D eigenvalue weighted by Gasteiger charge is 2.16. The first kappa shape index (κ1) is 28.2. The maximum atomic E-state index is 13.3. The molecule has 0 aliphatic rings. The molecule has 0 bridgehead atoms. The van der Waals surface area contributed by atoms with E-state index in [0.29, 0.717) is 24.7 Å². The van der Waals surface area contributed by atoms with Gasteiger partial charge in [-0.3, -0.25) is 4.79 Å². The summed E-state index contributed by atoms with van der Waals surface area (Å²) < 4.78 is 0. The second-order valence-electron chi connectivity index (χ2n) is 9.97. The number of nitrogens with zero attached hydrogens (tertiary/aromatic N) is 2. The third-order valence-corrected chi connectivity index (χ3v) is 7.30. The molecule has 0 fully saturated rings. The highest BCUT2D eigenvalue weighted by Crippen LogP contribution is 2.23. The van der Waals surface area contributed by atoms with Gasteiger partial charge in [-0.1, -0.05) is 131 Å². The predicted octanol–water partition coefficient (Wildman–Crippen LogP) is 9.16. The molecule has 0 saturated carbocycles. The van der Waals surface area contributed by atoms with E-state index in [4.69, 9.17) is 11.6 Å². The van der Waals surface area contributed by atoms with Gasteiger partial charge in [0.2, 0.25) is 5.91 Å². The van der Waals surface area contributed by atoms with Gasteiger partial charge in [-0.05, 0) is 30.5 Å². The number of pyridine rings is 1. The monoisotopic (exact) mass is 506 g/mol. The smallest absolute Gasteiger partial charge is 0.222 e. The molecule has 1 aromatic heterocycles. The van der Waals surface area contributed by atoms with Crippen molar-refractivity contribution >= 4 is 28.4 Å². The summed E-state index contributed by atoms with van der Waals surface area (Å²) in [5.74, 6) is 0.214. The number of para-hydroxylation sites is 1. The summed E-state index contributed by atoms with van der Waals surface area (Å²) in [4.78, 5) is 19.8. The molecule has 0 radical (unpaired) electrons. The van der Waals surface area contributed by atoms with Crippen molar-refractivity contribution in [2.45, 2.75) is 96.9 Å². The van der Waals surface area contributed by atoms with Crippen LogP contribution >= 0.6 is 11.6 Å². The molecule has 0 aliphatic heterocycles. The Kier molecular flexibility index (Phi) is 12.8. The molecule has 0 aliphatic carbocycles. The van der Waals surface area contributed by atoms with Crippen LogP contribution in [0, 0.1) is 0 Å². The number of amides is 1. The van der Waals surface area contributed by atoms with Crippen molar-refractivity contribution in [3.63, 3.8) is 0 Å². The number of rotatable bonds is 17. The van der Waals surface area contributed by atoms with Gasteiger partial charge >= 0.3 is 0 Å². The van der Waals surface area contributed by atoms with E-state index in [1.165, 1.54) is 63.4 Å². The minimum Gasteiger partial charge on any atom is -0.338 e. The Labute approximate surface area is 223 Å². The van der Waals surface area contributed by atoms with Crippen LogP contribution in [0.2, 0.25) is 5.15 Å². The van der Waals surface area contributed by atoms with Crippen LogP contribution in [0.1, 0.15) is 95.1 Å². The summed E-state index contributed by atoms with van der Waals surface area (Å²) in [5.41, 5.74) is 3.04. The van der Waals surface area contributed by atoms with Crippen molar-refractivity contribution in [3.8, 4) is 0 Å². The van der Waals surface area contributed by atoms with Crippen molar-refractivity contribution in [2.24, 2.45) is 0 Å². The average Bonchev–Trinajstić information content (AvgIpc) is 2.90. The predicted molar refractivity (Wildman–Crippen MR) is 153 cm³/mol. The largest absolute Gasteiger partial charge is 0.338 e. The van der Waals surface area contributed by atoms with Crippen molar-refractivity contribution in [1.29, 1.82) is 0 Å². The molecular weight excluding hydrogens is 464 g/mol. The molecule has 4 heteroatoms. The van der Waals surface area contributed by atoms with E-state index in [1.807, 2.05) is 35.2 Å². The lowest BCUT2D eigenvalue weighted by atomic mass is 10.0. The molecule has 2 aromatic carbocycles. The molecule has 194 valence electrons. The van der Waals surface area contributed by atoms with Gasteiger partial charge in [-0.2, -0.15) is 0 Å². The number of hydrogen-bond acceptors (Lipinski definition) is 2. The van der Waals surface area contributed by atoms with Gasteiger partial charge in [0.25, 0.3) is 0 Å². The van der Waals surface area contributed by atoms with Gasteiger partial charge in [0.05, 0.1) is 5.52 Å². The van der Waals surface area contributed by atoms with E-state index < -0.39 is 0 Å². The molecule has 0 spiro atoms. The van der Waals surface area contributed by atoms with Crippen LogP contribution in [0.4, 0.5) is 0 Å². The van der Waals surface area contributed by atoms with Crippen LogP contribution in [-0.2, 0) is 17.8 Å². The summed E-state index contributed by atoms with van der Waals surface area (Å²) in [7, 11) is 0. The Hall–Kier alpha value is -2.39. The number of carbonyl (C=O) groups is 1. The molecule has 0 saturated heterocycles. The van der Waals surface area contributed by atoms with Crippen LogP contribution in [0.25, 0.3) is 10.9 Å². The summed E-state index contributed by atoms with van der Waals surface area (Å²) in [6.45, 7) is 3.45. The lowest BCUT2D eigenvalue weighted by Gasteiger charge is -2.24. The number of aromatic nitrogens is 1. The number of carbonyl (C=O) groups excluding carboxylic acids is 1. The first-order valence-corrected chi connectivity index (χ1v) is 14.4. The SMILES string of the molecule is CCCCCCCCCCCCCC(=O)N(CCc1ccccc1)Cc1cc2ccccc2nc1Cl. The van der Waals surface area contributed by atoms with Gasteiger partial charge < -0.3 is 4.90 Å². The van der Waals surface area contributed by atoms with Crippen LogP contribution in [-0.4, -0.2) is 22.3 Å². The van der Waals surface area contributed by atoms with E-state index in [-0.39, 0.29) is 5.91 Å². The first-order chi connectivity index (χ1) is 17.7. The Morgan fingerprint density at radius 3 is 2.11 bits per heavy atom. The Balaban J connectivity index is 1.49. The van der Waals surface area contributed by atoms with Gasteiger partial charge in [0, 0.05) is 30.5 Å². The fourth-order valence-corrected chi connectivity index (χ4v) is 4.96. The second kappa shape index (κ2) is 16.4. The average molecular weight is 507 g/mol. The zero-order valence-electron chi connectivity index (χ0n) is 22.1. The molecule has 3 aromatic rings. The number of fused-ring (bicyclic) bond motifs is 1. The summed E-state index contributed by atoms with van der Waals surface area (Å²) in [6, 6.07) is 20.4. The summed E-state index contributed by atoms with van der Waals surface area (Å²) in [5, 5.41) is 1.54. The number of unbranched alkanes of at least 4 members (excludes halogenated alkanes) is 10. The van der Waals surface area contributed by atoms with Crippen molar-refractivity contribution in [1.82, 2.24) is 9.88 Å². The highest BCUT2D eigenvalue weighted by molar-refractivity contribution is 6.30. The quantitative estimate of drug-likeness (QED) is 0.135. The standard InChI is InChI=1S/C32H43ClN2O/c1-2-3-4-5-6-7-8-9-10-11-15-22-31(36)35(24-23-27-18-13-12-14-19-27)26-29-25-28-20-16-17-21-30(28)34-32(29)33/h12-14,16-21,25H,2-11,15,22-24,26H2,1H3. The summed E-state index contributed by atoms with van der Waals surface area (Å²) >= 11 is 6.54. The van der Waals surface area contributed by atoms with E-state index in [1.54, 1.807) is 0 Å². The van der Waals surface area contributed by atoms with Gasteiger partial charge in [-0.25, -0.2) is 4.98 Å². The fraction of sp³-hybridized carbons (Fsp3) is 0.500. The minimum absolute atomic E-state index is 0.214. The third kappa shape index (κ3) is 9.93. The maximum Gasteiger partial charge on any atom is 0.222 e. The van der Waals surface area contributed by atoms with Crippen molar-refractivity contribution in [2.75, 3.05) is 6.54 Å². The number of benzene rings is 2. The van der Waals surface area contributed by atoms with Crippen LogP contribution < -0.4 is 0 Å². The van der Waals surface area contributed by atoms with Crippen molar-refractivity contribution < 1.29 is 4.79 Å². The van der Waals surface area contributed by atoms with Gasteiger partial charge in [0.15, 0.2) is 0 Å². The Bertz CT molecular complexity index is 1040. The molecule has 0 atom stereocenters. The second-order valence-corrected chi connectivity index (χ2v) is 10.3. The normalized spacial score (nSPS) is 11.2. The van der Waals surface area contributed by atoms with E-state index >= 15 is 0 Å². The molecular formula is C32H43ClN2O. The Morgan fingerprint density at radius 2 is 1.42 bits per heavy atom. The van der Waals surface area contributed by atoms with E-state index in [0.717, 1.165) is 35.7 Å². The molecule has 3 rings (SSSR count). The topological polar surface area (TPSA) is 33.2 Å². The van der Waals surface area contributed by atoms with E-state index in [9.17, 15) is 4.79 Å². The lowest BCUT2D eigenvalue weighted by molar-refractivity contribution is -0.131. The van der Waals surface area contributed by atoms with Crippen molar-refractivity contribution in [3.05, 3.63) is 76.9 Å². The van der Waals surface area contributed by atoms with E-state index in [2.05, 4.69) is 42.2 Å². The van der Waals surface area contributed by atoms with Gasteiger partial charge in [-0.15, -0.1) is 0 Å². The highest BCUT2D eigenvalue weighted by atomic mass is 35.5. The minimum atomic E-state index is 0.214. The zero-order chi connectivity index (χ0) is 25.4. The molecule has 3 nitrogen and oxygen atoms in total. The van der Waals surface area contributed by atoms with Crippen LogP contribution in [0.15, 0.2) is 60.7 Å². The van der Waals surface area contributed by atoms with Crippen LogP contribution in [0.5, 0.6) is 0 Å². The van der Waals surface area contributed by atoms with Crippen LogP contribution in [0.3, 0.4) is 0 Å². The maximum absolute atomic E-state index is 13.3. The number of halogens is 1. The Morgan fingerprint density at radius 1 is 0.806 bits per heavy atom.